The number of pyridine rings is 1. The summed E-state index contributed by atoms with van der Waals surface area (Å²) >= 11 is 2.46. The predicted molar refractivity (Wildman–Crippen MR) is 140 cm³/mol. The van der Waals surface area contributed by atoms with Gasteiger partial charge in [-0.1, -0.05) is 60.7 Å². The maximum atomic E-state index is 13.6. The number of carbonyl (C=O) groups is 2. The minimum absolute atomic E-state index is 0.0126. The Kier molecular flexibility index (Phi) is 6.35. The van der Waals surface area contributed by atoms with E-state index in [1.165, 1.54) is 22.7 Å². The molecule has 5 rings (SSSR count). The van der Waals surface area contributed by atoms with Crippen LogP contribution in [-0.4, -0.2) is 16.8 Å². The Morgan fingerprint density at radius 2 is 1.49 bits per heavy atom. The monoisotopic (exact) mass is 494 g/mol. The summed E-state index contributed by atoms with van der Waals surface area (Å²) in [5, 5.41) is 17.9. The van der Waals surface area contributed by atoms with Gasteiger partial charge in [0.25, 0.3) is 11.8 Å². The van der Waals surface area contributed by atoms with Gasteiger partial charge in [-0.25, -0.2) is 9.88 Å². The van der Waals surface area contributed by atoms with Crippen molar-refractivity contribution in [3.63, 3.8) is 0 Å². The lowest BCUT2D eigenvalue weighted by molar-refractivity contribution is 0.0901. The fourth-order valence-corrected chi connectivity index (χ4v) is 5.05. The summed E-state index contributed by atoms with van der Waals surface area (Å²) in [7, 11) is 0. The van der Waals surface area contributed by atoms with Crippen LogP contribution in [0.3, 0.4) is 0 Å². The summed E-state index contributed by atoms with van der Waals surface area (Å²) in [6.07, 6.45) is 0. The Morgan fingerprint density at radius 1 is 0.857 bits per heavy atom. The number of fused-ring (bicyclic) bond motifs is 1. The van der Waals surface area contributed by atoms with Crippen LogP contribution in [0.4, 0.5) is 11.5 Å². The van der Waals surface area contributed by atoms with Crippen molar-refractivity contribution in [1.82, 2.24) is 4.98 Å². The van der Waals surface area contributed by atoms with Crippen LogP contribution in [0.2, 0.25) is 0 Å². The largest absolute Gasteiger partial charge is 0.379 e. The Morgan fingerprint density at radius 3 is 2.09 bits per heavy atom. The molecule has 0 radical (unpaired) electrons. The molecule has 2 aromatic carbocycles. The van der Waals surface area contributed by atoms with Gasteiger partial charge in [0.1, 0.15) is 11.6 Å². The average Bonchev–Trinajstić information content (AvgIpc) is 3.63. The van der Waals surface area contributed by atoms with Gasteiger partial charge in [0, 0.05) is 11.9 Å². The molecule has 170 valence electrons. The van der Waals surface area contributed by atoms with Crippen LogP contribution in [0.15, 0.2) is 89.6 Å². The Hall–Kier alpha value is -4.32. The Balaban J connectivity index is 1.70. The van der Waals surface area contributed by atoms with Crippen LogP contribution in [0.5, 0.6) is 0 Å². The van der Waals surface area contributed by atoms with Gasteiger partial charge in [-0.15, -0.1) is 22.7 Å². The highest BCUT2D eigenvalue weighted by Crippen LogP contribution is 2.35. The van der Waals surface area contributed by atoms with Gasteiger partial charge >= 0.3 is 0 Å². The van der Waals surface area contributed by atoms with Crippen molar-refractivity contribution >= 4 is 56.9 Å². The smallest absolute Gasteiger partial charge is 0.276 e. The van der Waals surface area contributed by atoms with E-state index in [-0.39, 0.29) is 11.4 Å². The lowest BCUT2D eigenvalue weighted by Crippen LogP contribution is -2.37. The summed E-state index contributed by atoms with van der Waals surface area (Å²) < 4.78 is 0. The number of hydrogen-bond donors (Lipinski definition) is 1. The summed E-state index contributed by atoms with van der Waals surface area (Å²) in [5.41, 5.74) is 2.26. The second kappa shape index (κ2) is 9.89. The van der Waals surface area contributed by atoms with E-state index in [0.29, 0.717) is 27.5 Å². The van der Waals surface area contributed by atoms with Crippen LogP contribution < -0.4 is 10.2 Å². The summed E-state index contributed by atoms with van der Waals surface area (Å²) in [4.78, 5) is 33.6. The third-order valence-electron chi connectivity index (χ3n) is 5.38. The van der Waals surface area contributed by atoms with Crippen LogP contribution in [0, 0.1) is 11.3 Å². The zero-order valence-corrected chi connectivity index (χ0v) is 20.0. The normalized spacial score (nSPS) is 10.6. The number of carbonyl (C=O) groups excluding carboxylic acids is 2. The number of anilines is 2. The molecular weight excluding hydrogens is 476 g/mol. The molecule has 0 saturated carbocycles. The van der Waals surface area contributed by atoms with Gasteiger partial charge in [-0.05, 0) is 34.5 Å². The minimum atomic E-state index is -0.522. The highest BCUT2D eigenvalue weighted by Gasteiger charge is 2.32. The van der Waals surface area contributed by atoms with Gasteiger partial charge in [-0.3, -0.25) is 9.59 Å². The SMILES string of the molecule is N#Cc1c(N(C(=O)c2cccs2)C(=O)c2cccs2)nc2ccccc2c1NCc1ccccc1. The minimum Gasteiger partial charge on any atom is -0.379 e. The number of nitriles is 1. The lowest BCUT2D eigenvalue weighted by Gasteiger charge is -2.22. The number of benzene rings is 2. The molecule has 0 aliphatic carbocycles. The summed E-state index contributed by atoms with van der Waals surface area (Å²) in [6, 6.07) is 26.2. The van der Waals surface area contributed by atoms with Crippen molar-refractivity contribution < 1.29 is 9.59 Å². The zero-order valence-electron chi connectivity index (χ0n) is 18.3. The maximum absolute atomic E-state index is 13.6. The number of aromatic nitrogens is 1. The Labute approximate surface area is 209 Å². The first-order valence-corrected chi connectivity index (χ1v) is 12.5. The molecule has 35 heavy (non-hydrogen) atoms. The number of para-hydroxylation sites is 1. The zero-order chi connectivity index (χ0) is 24.2. The molecule has 8 heteroatoms. The van der Waals surface area contributed by atoms with E-state index >= 15 is 0 Å². The van der Waals surface area contributed by atoms with Gasteiger partial charge in [-0.2, -0.15) is 5.26 Å². The molecular formula is C27H18N4O2S2. The van der Waals surface area contributed by atoms with E-state index in [1.54, 1.807) is 41.1 Å². The van der Waals surface area contributed by atoms with Crippen LogP contribution in [0.25, 0.3) is 10.9 Å². The molecule has 0 atom stereocenters. The highest BCUT2D eigenvalue weighted by molar-refractivity contribution is 7.13. The van der Waals surface area contributed by atoms with Crippen LogP contribution in [-0.2, 0) is 6.54 Å². The molecule has 6 nitrogen and oxygen atoms in total. The van der Waals surface area contributed by atoms with Gasteiger partial charge in [0.05, 0.1) is 21.0 Å². The van der Waals surface area contributed by atoms with Gasteiger partial charge in [0.15, 0.2) is 5.82 Å². The van der Waals surface area contributed by atoms with Gasteiger partial charge in [0.2, 0.25) is 0 Å². The fourth-order valence-electron chi connectivity index (χ4n) is 3.74. The number of thiophene rings is 2. The lowest BCUT2D eigenvalue weighted by atomic mass is 10.1. The molecule has 0 aliphatic heterocycles. The van der Waals surface area contributed by atoms with E-state index < -0.39 is 11.8 Å². The van der Waals surface area contributed by atoms with E-state index in [9.17, 15) is 14.9 Å². The molecule has 0 unspecified atom stereocenters. The van der Waals surface area contributed by atoms with E-state index in [4.69, 9.17) is 0 Å². The standard InChI is InChI=1S/C27H18N4O2S2/c28-16-20-24(29-17-18-8-2-1-3-9-18)19-10-4-5-11-21(19)30-25(20)31(26(32)22-12-6-14-34-22)27(33)23-13-7-15-35-23/h1-15H,17H2,(H,29,30). The Bertz CT molecular complexity index is 1490. The molecule has 3 heterocycles. The molecule has 1 N–H and O–H groups in total. The van der Waals surface area contributed by atoms with Crippen LogP contribution in [0.1, 0.15) is 30.5 Å². The first-order valence-electron chi connectivity index (χ1n) is 10.7. The van der Waals surface area contributed by atoms with Crippen molar-refractivity contribution in [3.8, 4) is 6.07 Å². The fraction of sp³-hybridized carbons (Fsp3) is 0.0370. The first kappa shape index (κ1) is 22.5. The third kappa shape index (κ3) is 4.43. The van der Waals surface area contributed by atoms with E-state index in [0.717, 1.165) is 15.8 Å². The first-order chi connectivity index (χ1) is 17.2. The number of nitrogens with zero attached hydrogens (tertiary/aromatic N) is 3. The number of imide groups is 1. The molecule has 0 fully saturated rings. The van der Waals surface area contributed by atoms with Crippen molar-refractivity contribution in [3.05, 3.63) is 111 Å². The second-order valence-electron chi connectivity index (χ2n) is 7.55. The second-order valence-corrected chi connectivity index (χ2v) is 9.45. The predicted octanol–water partition coefficient (Wildman–Crippen LogP) is 6.33. The van der Waals surface area contributed by atoms with E-state index in [1.807, 2.05) is 48.5 Å². The van der Waals surface area contributed by atoms with Crippen molar-refractivity contribution in [2.45, 2.75) is 6.54 Å². The van der Waals surface area contributed by atoms with E-state index in [2.05, 4.69) is 16.4 Å². The topological polar surface area (TPSA) is 86.1 Å². The third-order valence-corrected chi connectivity index (χ3v) is 7.09. The molecule has 0 spiro atoms. The number of nitrogens with one attached hydrogen (secondary N) is 1. The number of amides is 2. The molecule has 2 amide bonds. The molecule has 5 aromatic rings. The van der Waals surface area contributed by atoms with Gasteiger partial charge < -0.3 is 5.32 Å². The molecule has 3 aromatic heterocycles. The summed E-state index contributed by atoms with van der Waals surface area (Å²) in [6.45, 7) is 0.459. The molecule has 0 bridgehead atoms. The van der Waals surface area contributed by atoms with Crippen molar-refractivity contribution in [2.75, 3.05) is 10.2 Å². The highest BCUT2D eigenvalue weighted by atomic mass is 32.1. The number of rotatable bonds is 6. The molecule has 0 saturated heterocycles. The number of hydrogen-bond acceptors (Lipinski definition) is 7. The average molecular weight is 495 g/mol. The summed E-state index contributed by atoms with van der Waals surface area (Å²) in [5.74, 6) is -1.03. The van der Waals surface area contributed by atoms with Crippen molar-refractivity contribution in [1.29, 1.82) is 5.26 Å². The maximum Gasteiger partial charge on any atom is 0.276 e. The van der Waals surface area contributed by atoms with Crippen LogP contribution >= 0.6 is 22.7 Å². The van der Waals surface area contributed by atoms with Crippen molar-refractivity contribution in [2.24, 2.45) is 0 Å². The molecule has 0 aliphatic rings. The quantitative estimate of drug-likeness (QED) is 0.279.